The van der Waals surface area contributed by atoms with E-state index in [2.05, 4.69) is 10.6 Å². The molecule has 1 atom stereocenters. The lowest BCUT2D eigenvalue weighted by atomic mass is 10.00. The zero-order chi connectivity index (χ0) is 15.2. The molecule has 5 nitrogen and oxygen atoms in total. The van der Waals surface area contributed by atoms with Gasteiger partial charge in [0, 0.05) is 6.54 Å². The van der Waals surface area contributed by atoms with Gasteiger partial charge in [0.15, 0.2) is 0 Å². The molecule has 1 rings (SSSR count). The van der Waals surface area contributed by atoms with Crippen molar-refractivity contribution in [2.24, 2.45) is 0 Å². The first-order chi connectivity index (χ1) is 9.39. The lowest BCUT2D eigenvalue weighted by Gasteiger charge is -2.24. The van der Waals surface area contributed by atoms with E-state index >= 15 is 0 Å². The number of carboxylic acids is 1. The van der Waals surface area contributed by atoms with Crippen LogP contribution in [0.3, 0.4) is 0 Å². The van der Waals surface area contributed by atoms with Crippen LogP contribution < -0.4 is 10.6 Å². The van der Waals surface area contributed by atoms with Gasteiger partial charge in [-0.15, -0.1) is 0 Å². The molecular formula is C15H22N2O3. The quantitative estimate of drug-likeness (QED) is 0.745. The van der Waals surface area contributed by atoms with E-state index < -0.39 is 17.5 Å². The summed E-state index contributed by atoms with van der Waals surface area (Å²) in [5.74, 6) is -1.03. The Labute approximate surface area is 119 Å². The van der Waals surface area contributed by atoms with Crippen molar-refractivity contribution in [3.63, 3.8) is 0 Å². The summed E-state index contributed by atoms with van der Waals surface area (Å²) in [5, 5.41) is 14.3. The van der Waals surface area contributed by atoms with Gasteiger partial charge in [-0.2, -0.15) is 0 Å². The summed E-state index contributed by atoms with van der Waals surface area (Å²) in [6.45, 7) is 5.71. The smallest absolute Gasteiger partial charge is 0.329 e. The highest BCUT2D eigenvalue weighted by molar-refractivity contribution is 5.85. The van der Waals surface area contributed by atoms with Gasteiger partial charge in [0.2, 0.25) is 0 Å². The molecule has 110 valence electrons. The van der Waals surface area contributed by atoms with Crippen LogP contribution in [-0.2, 0) is 11.2 Å². The fraction of sp³-hybridized carbons (Fsp3) is 0.467. The molecule has 0 saturated heterocycles. The molecule has 0 bridgehead atoms. The molecule has 2 amide bonds. The Hall–Kier alpha value is -2.04. The van der Waals surface area contributed by atoms with Crippen LogP contribution in [0.4, 0.5) is 4.79 Å². The maximum absolute atomic E-state index is 11.7. The van der Waals surface area contributed by atoms with Crippen LogP contribution in [0.25, 0.3) is 0 Å². The Bertz CT molecular complexity index is 488. The third-order valence-corrected chi connectivity index (χ3v) is 3.51. The second kappa shape index (κ2) is 6.93. The summed E-state index contributed by atoms with van der Waals surface area (Å²) < 4.78 is 0. The maximum Gasteiger partial charge on any atom is 0.329 e. The third kappa shape index (κ3) is 4.26. The molecule has 0 aliphatic carbocycles. The van der Waals surface area contributed by atoms with Gasteiger partial charge in [-0.25, -0.2) is 9.59 Å². The molecule has 3 N–H and O–H groups in total. The predicted molar refractivity (Wildman–Crippen MR) is 77.7 cm³/mol. The number of rotatable bonds is 6. The Morgan fingerprint density at radius 2 is 1.95 bits per heavy atom. The first-order valence-corrected chi connectivity index (χ1v) is 6.73. The maximum atomic E-state index is 11.7. The SMILES string of the molecule is CCC(C)(NC(=O)NCCc1ccccc1C)C(=O)O. The minimum absolute atomic E-state index is 0.327. The molecule has 1 aromatic carbocycles. The lowest BCUT2D eigenvalue weighted by Crippen LogP contribution is -2.55. The van der Waals surface area contributed by atoms with Gasteiger partial charge in [0.05, 0.1) is 0 Å². The van der Waals surface area contributed by atoms with E-state index in [0.29, 0.717) is 13.0 Å². The number of carboxylic acid groups (broad SMARTS) is 1. The van der Waals surface area contributed by atoms with Gasteiger partial charge < -0.3 is 15.7 Å². The zero-order valence-corrected chi connectivity index (χ0v) is 12.2. The molecule has 1 aromatic rings. The summed E-state index contributed by atoms with van der Waals surface area (Å²) in [6, 6.07) is 7.51. The van der Waals surface area contributed by atoms with E-state index in [1.807, 2.05) is 31.2 Å². The van der Waals surface area contributed by atoms with Crippen LogP contribution in [0.1, 0.15) is 31.4 Å². The first-order valence-electron chi connectivity index (χ1n) is 6.73. The summed E-state index contributed by atoms with van der Waals surface area (Å²) in [5.41, 5.74) is 1.12. The van der Waals surface area contributed by atoms with E-state index in [9.17, 15) is 9.59 Å². The van der Waals surface area contributed by atoms with Crippen molar-refractivity contribution in [1.82, 2.24) is 10.6 Å². The van der Waals surface area contributed by atoms with E-state index in [4.69, 9.17) is 5.11 Å². The number of aliphatic carboxylic acids is 1. The van der Waals surface area contributed by atoms with Crippen molar-refractivity contribution in [2.45, 2.75) is 39.2 Å². The number of carbonyl (C=O) groups excluding carboxylic acids is 1. The second-order valence-electron chi connectivity index (χ2n) is 5.05. The number of aryl methyl sites for hydroxylation is 1. The highest BCUT2D eigenvalue weighted by Gasteiger charge is 2.32. The third-order valence-electron chi connectivity index (χ3n) is 3.51. The summed E-state index contributed by atoms with van der Waals surface area (Å²) in [6.07, 6.45) is 1.05. The van der Waals surface area contributed by atoms with Gasteiger partial charge >= 0.3 is 12.0 Å². The van der Waals surface area contributed by atoms with Gasteiger partial charge in [-0.1, -0.05) is 31.2 Å². The van der Waals surface area contributed by atoms with Crippen LogP contribution in [0.2, 0.25) is 0 Å². The van der Waals surface area contributed by atoms with Gasteiger partial charge in [0.1, 0.15) is 5.54 Å². The molecule has 5 heteroatoms. The average Bonchev–Trinajstić information content (AvgIpc) is 2.40. The van der Waals surface area contributed by atoms with E-state index in [0.717, 1.165) is 6.42 Å². The normalized spacial score (nSPS) is 13.3. The monoisotopic (exact) mass is 278 g/mol. The topological polar surface area (TPSA) is 78.4 Å². The van der Waals surface area contributed by atoms with E-state index in [1.165, 1.54) is 18.1 Å². The number of carbonyl (C=O) groups is 2. The van der Waals surface area contributed by atoms with Crippen molar-refractivity contribution in [3.8, 4) is 0 Å². The summed E-state index contributed by atoms with van der Waals surface area (Å²) >= 11 is 0. The van der Waals surface area contributed by atoms with Crippen LogP contribution in [0.5, 0.6) is 0 Å². The molecule has 0 saturated carbocycles. The Kier molecular flexibility index (Phi) is 5.55. The van der Waals surface area contributed by atoms with Crippen molar-refractivity contribution in [3.05, 3.63) is 35.4 Å². The van der Waals surface area contributed by atoms with Gasteiger partial charge in [-0.3, -0.25) is 0 Å². The fourth-order valence-electron chi connectivity index (χ4n) is 1.79. The average molecular weight is 278 g/mol. The molecule has 0 radical (unpaired) electrons. The largest absolute Gasteiger partial charge is 0.480 e. The number of benzene rings is 1. The summed E-state index contributed by atoms with van der Waals surface area (Å²) in [7, 11) is 0. The van der Waals surface area contributed by atoms with Crippen LogP contribution >= 0.6 is 0 Å². The van der Waals surface area contributed by atoms with Crippen LogP contribution in [0.15, 0.2) is 24.3 Å². The zero-order valence-electron chi connectivity index (χ0n) is 12.2. The minimum atomic E-state index is -1.23. The van der Waals surface area contributed by atoms with Crippen LogP contribution in [0, 0.1) is 6.92 Å². The molecule has 1 unspecified atom stereocenters. The molecular weight excluding hydrogens is 256 g/mol. The van der Waals surface area contributed by atoms with Gasteiger partial charge in [0.25, 0.3) is 0 Å². The number of hydrogen-bond acceptors (Lipinski definition) is 2. The number of hydrogen-bond donors (Lipinski definition) is 3. The summed E-state index contributed by atoms with van der Waals surface area (Å²) in [4.78, 5) is 22.8. The molecule has 0 spiro atoms. The van der Waals surface area contributed by atoms with Crippen LogP contribution in [-0.4, -0.2) is 29.2 Å². The molecule has 0 aromatic heterocycles. The Morgan fingerprint density at radius 1 is 1.30 bits per heavy atom. The Balaban J connectivity index is 2.45. The number of amides is 2. The second-order valence-corrected chi connectivity index (χ2v) is 5.05. The predicted octanol–water partition coefficient (Wildman–Crippen LogP) is 2.09. The minimum Gasteiger partial charge on any atom is -0.480 e. The number of nitrogens with one attached hydrogen (secondary N) is 2. The molecule has 0 aliphatic heterocycles. The fourth-order valence-corrected chi connectivity index (χ4v) is 1.79. The Morgan fingerprint density at radius 3 is 2.50 bits per heavy atom. The molecule has 0 aliphatic rings. The van der Waals surface area contributed by atoms with E-state index in [-0.39, 0.29) is 0 Å². The van der Waals surface area contributed by atoms with Crippen molar-refractivity contribution < 1.29 is 14.7 Å². The highest BCUT2D eigenvalue weighted by Crippen LogP contribution is 2.09. The lowest BCUT2D eigenvalue weighted by molar-refractivity contribution is -0.143. The molecule has 20 heavy (non-hydrogen) atoms. The van der Waals surface area contributed by atoms with Crippen molar-refractivity contribution in [1.29, 1.82) is 0 Å². The first kappa shape index (κ1) is 16.0. The van der Waals surface area contributed by atoms with Gasteiger partial charge in [-0.05, 0) is 37.8 Å². The highest BCUT2D eigenvalue weighted by atomic mass is 16.4. The van der Waals surface area contributed by atoms with E-state index in [1.54, 1.807) is 6.92 Å². The van der Waals surface area contributed by atoms with Crippen molar-refractivity contribution in [2.75, 3.05) is 6.54 Å². The standard InChI is InChI=1S/C15H22N2O3/c1-4-15(3,13(18)19)17-14(20)16-10-9-12-8-6-5-7-11(12)2/h5-8H,4,9-10H2,1-3H3,(H,18,19)(H2,16,17,20). The number of urea groups is 1. The molecule has 0 fully saturated rings. The van der Waals surface area contributed by atoms with Crippen molar-refractivity contribution >= 4 is 12.0 Å². The molecule has 0 heterocycles.